The van der Waals surface area contributed by atoms with Crippen molar-refractivity contribution >= 4 is 5.97 Å². The van der Waals surface area contributed by atoms with Gasteiger partial charge in [0.05, 0.1) is 13.0 Å². The van der Waals surface area contributed by atoms with E-state index in [4.69, 9.17) is 9.84 Å². The summed E-state index contributed by atoms with van der Waals surface area (Å²) in [5.41, 5.74) is 3.14. The lowest BCUT2D eigenvalue weighted by Gasteiger charge is -2.27. The van der Waals surface area contributed by atoms with Crippen LogP contribution in [0, 0.1) is 6.92 Å². The quantitative estimate of drug-likeness (QED) is 0.874. The lowest BCUT2D eigenvalue weighted by atomic mass is 9.76. The summed E-state index contributed by atoms with van der Waals surface area (Å²) >= 11 is 0. The van der Waals surface area contributed by atoms with Crippen molar-refractivity contribution < 1.29 is 14.6 Å². The van der Waals surface area contributed by atoms with Crippen molar-refractivity contribution in [2.45, 2.75) is 39.0 Å². The molecule has 0 amide bonds. The van der Waals surface area contributed by atoms with Gasteiger partial charge in [-0.3, -0.25) is 4.79 Å². The lowest BCUT2D eigenvalue weighted by molar-refractivity contribution is -0.138. The van der Waals surface area contributed by atoms with Crippen LogP contribution in [0.25, 0.3) is 0 Å². The number of ether oxygens (including phenoxy) is 1. The number of rotatable bonds is 3. The van der Waals surface area contributed by atoms with Gasteiger partial charge >= 0.3 is 5.97 Å². The van der Waals surface area contributed by atoms with E-state index in [1.807, 2.05) is 32.9 Å². The van der Waals surface area contributed by atoms with E-state index < -0.39 is 5.97 Å². The van der Waals surface area contributed by atoms with Crippen molar-refractivity contribution in [1.29, 1.82) is 0 Å². The van der Waals surface area contributed by atoms with Crippen molar-refractivity contribution in [2.75, 3.05) is 6.61 Å². The first-order chi connectivity index (χ1) is 7.92. The van der Waals surface area contributed by atoms with Crippen molar-refractivity contribution in [3.05, 3.63) is 28.8 Å². The Balaban J connectivity index is 2.51. The smallest absolute Gasteiger partial charge is 0.304 e. The normalized spacial score (nSPS) is 14.3. The monoisotopic (exact) mass is 234 g/mol. The van der Waals surface area contributed by atoms with Crippen LogP contribution >= 0.6 is 0 Å². The van der Waals surface area contributed by atoms with E-state index >= 15 is 0 Å². The van der Waals surface area contributed by atoms with Crippen LogP contribution in [0.5, 0.6) is 5.75 Å². The van der Waals surface area contributed by atoms with Crippen LogP contribution in [0.2, 0.25) is 0 Å². The Morgan fingerprint density at radius 3 is 2.82 bits per heavy atom. The second kappa shape index (κ2) is 4.06. The SMILES string of the molecule is Cc1ccc2c(c1C(C)(C)CC(=O)O)CCO2. The lowest BCUT2D eigenvalue weighted by Crippen LogP contribution is -2.24. The largest absolute Gasteiger partial charge is 0.493 e. The minimum atomic E-state index is -0.758. The first-order valence-electron chi connectivity index (χ1n) is 5.89. The molecule has 1 aromatic rings. The zero-order valence-corrected chi connectivity index (χ0v) is 10.5. The molecule has 92 valence electrons. The topological polar surface area (TPSA) is 46.5 Å². The van der Waals surface area contributed by atoms with Gasteiger partial charge in [0, 0.05) is 17.4 Å². The predicted molar refractivity (Wildman–Crippen MR) is 65.7 cm³/mol. The van der Waals surface area contributed by atoms with Gasteiger partial charge in [0.15, 0.2) is 0 Å². The van der Waals surface area contributed by atoms with Gasteiger partial charge in [-0.1, -0.05) is 19.9 Å². The predicted octanol–water partition coefficient (Wildman–Crippen LogP) is 2.68. The fourth-order valence-corrected chi connectivity index (χ4v) is 2.80. The average molecular weight is 234 g/mol. The molecule has 1 N–H and O–H groups in total. The summed E-state index contributed by atoms with van der Waals surface area (Å²) in [6.07, 6.45) is 1.03. The van der Waals surface area contributed by atoms with Crippen LogP contribution in [0.4, 0.5) is 0 Å². The molecule has 1 aliphatic rings. The molecule has 0 saturated heterocycles. The van der Waals surface area contributed by atoms with Gasteiger partial charge in [0.2, 0.25) is 0 Å². The maximum absolute atomic E-state index is 11.0. The number of carboxylic acids is 1. The average Bonchev–Trinajstić information content (AvgIpc) is 2.61. The second-order valence-corrected chi connectivity index (χ2v) is 5.29. The highest BCUT2D eigenvalue weighted by molar-refractivity contribution is 5.69. The molecule has 0 saturated carbocycles. The van der Waals surface area contributed by atoms with E-state index in [2.05, 4.69) is 0 Å². The molecule has 3 nitrogen and oxygen atoms in total. The molecule has 0 bridgehead atoms. The Kier molecular flexibility index (Phi) is 2.86. The van der Waals surface area contributed by atoms with Gasteiger partial charge in [0.25, 0.3) is 0 Å². The van der Waals surface area contributed by atoms with Gasteiger partial charge < -0.3 is 9.84 Å². The number of fused-ring (bicyclic) bond motifs is 1. The van der Waals surface area contributed by atoms with E-state index in [9.17, 15) is 4.79 Å². The summed E-state index contributed by atoms with van der Waals surface area (Å²) in [5, 5.41) is 9.02. The highest BCUT2D eigenvalue weighted by Crippen LogP contribution is 2.39. The molecule has 0 aromatic heterocycles. The standard InChI is InChI=1S/C14H18O3/c1-9-4-5-11-10(6-7-17-11)13(9)14(2,3)8-12(15)16/h4-5H,6-8H2,1-3H3,(H,15,16). The summed E-state index contributed by atoms with van der Waals surface area (Å²) in [6.45, 7) is 6.72. The third-order valence-electron chi connectivity index (χ3n) is 3.36. The maximum atomic E-state index is 11.0. The molecule has 3 heteroatoms. The molecule has 1 aromatic carbocycles. The molecule has 17 heavy (non-hydrogen) atoms. The molecular weight excluding hydrogens is 216 g/mol. The van der Waals surface area contributed by atoms with Crippen LogP contribution in [0.1, 0.15) is 37.0 Å². The second-order valence-electron chi connectivity index (χ2n) is 5.29. The van der Waals surface area contributed by atoms with Crippen LogP contribution in [0.3, 0.4) is 0 Å². The number of hydrogen-bond acceptors (Lipinski definition) is 2. The van der Waals surface area contributed by atoms with Crippen LogP contribution in [-0.2, 0) is 16.6 Å². The van der Waals surface area contributed by atoms with Crippen molar-refractivity contribution in [3.63, 3.8) is 0 Å². The Hall–Kier alpha value is -1.51. The number of aliphatic carboxylic acids is 1. The Morgan fingerprint density at radius 1 is 1.47 bits per heavy atom. The molecule has 0 aliphatic carbocycles. The van der Waals surface area contributed by atoms with Crippen molar-refractivity contribution in [3.8, 4) is 5.75 Å². The molecular formula is C14H18O3. The number of carbonyl (C=O) groups is 1. The Morgan fingerprint density at radius 2 is 2.18 bits per heavy atom. The minimum Gasteiger partial charge on any atom is -0.493 e. The zero-order chi connectivity index (χ0) is 12.6. The molecule has 0 spiro atoms. The summed E-state index contributed by atoms with van der Waals surface area (Å²) in [5.74, 6) is 0.162. The van der Waals surface area contributed by atoms with Crippen LogP contribution in [0.15, 0.2) is 12.1 Å². The van der Waals surface area contributed by atoms with Gasteiger partial charge in [-0.2, -0.15) is 0 Å². The molecule has 2 rings (SSSR count). The van der Waals surface area contributed by atoms with E-state index in [1.165, 1.54) is 5.56 Å². The van der Waals surface area contributed by atoms with Gasteiger partial charge in [0.1, 0.15) is 5.75 Å². The first kappa shape index (κ1) is 12.0. The molecule has 1 heterocycles. The molecule has 0 unspecified atom stereocenters. The molecule has 0 atom stereocenters. The summed E-state index contributed by atoms with van der Waals surface area (Å²) in [6, 6.07) is 4.00. The highest BCUT2D eigenvalue weighted by atomic mass is 16.5. The van der Waals surface area contributed by atoms with Gasteiger partial charge in [-0.15, -0.1) is 0 Å². The van der Waals surface area contributed by atoms with Gasteiger partial charge in [-0.05, 0) is 24.1 Å². The number of aryl methyl sites for hydroxylation is 1. The number of benzene rings is 1. The first-order valence-corrected chi connectivity index (χ1v) is 5.89. The van der Waals surface area contributed by atoms with Crippen LogP contribution in [-0.4, -0.2) is 17.7 Å². The summed E-state index contributed by atoms with van der Waals surface area (Å²) < 4.78 is 5.55. The number of hydrogen-bond donors (Lipinski definition) is 1. The third-order valence-corrected chi connectivity index (χ3v) is 3.36. The van der Waals surface area contributed by atoms with Crippen molar-refractivity contribution in [1.82, 2.24) is 0 Å². The van der Waals surface area contributed by atoms with E-state index in [0.717, 1.165) is 23.3 Å². The van der Waals surface area contributed by atoms with E-state index in [0.29, 0.717) is 6.61 Å². The molecule has 0 fully saturated rings. The van der Waals surface area contributed by atoms with Gasteiger partial charge in [-0.25, -0.2) is 0 Å². The zero-order valence-electron chi connectivity index (χ0n) is 10.5. The fourth-order valence-electron chi connectivity index (χ4n) is 2.80. The fraction of sp³-hybridized carbons (Fsp3) is 0.500. The van der Waals surface area contributed by atoms with Crippen LogP contribution < -0.4 is 4.74 Å². The summed E-state index contributed by atoms with van der Waals surface area (Å²) in [4.78, 5) is 11.0. The minimum absolute atomic E-state index is 0.143. The van der Waals surface area contributed by atoms with E-state index in [-0.39, 0.29) is 11.8 Å². The Labute approximate surface area is 101 Å². The highest BCUT2D eigenvalue weighted by Gasteiger charge is 2.31. The third kappa shape index (κ3) is 2.14. The maximum Gasteiger partial charge on any atom is 0.304 e. The van der Waals surface area contributed by atoms with E-state index in [1.54, 1.807) is 0 Å². The Bertz CT molecular complexity index is 461. The van der Waals surface area contributed by atoms with Crippen molar-refractivity contribution in [2.24, 2.45) is 0 Å². The number of carboxylic acid groups (broad SMARTS) is 1. The molecule has 0 radical (unpaired) electrons. The summed E-state index contributed by atoms with van der Waals surface area (Å²) in [7, 11) is 0. The molecule has 1 aliphatic heterocycles.